The number of aliphatic hydroxyl groups is 1. The third kappa shape index (κ3) is 3.48. The number of hydrogen-bond acceptors (Lipinski definition) is 4. The van der Waals surface area contributed by atoms with Crippen LogP contribution in [0.15, 0.2) is 60.7 Å². The number of aliphatic hydroxyl groups excluding tert-OH is 1. The van der Waals surface area contributed by atoms with E-state index in [1.807, 2.05) is 60.7 Å². The van der Waals surface area contributed by atoms with Crippen molar-refractivity contribution < 1.29 is 24.5 Å². The van der Waals surface area contributed by atoms with E-state index in [0.29, 0.717) is 6.42 Å². The number of carboxylic acid groups (broad SMARTS) is 1. The Kier molecular flexibility index (Phi) is 5.68. The third-order valence-corrected chi connectivity index (χ3v) is 5.02. The highest BCUT2D eigenvalue weighted by atomic mass is 16.5. The number of benzene rings is 2. The third-order valence-electron chi connectivity index (χ3n) is 5.02. The van der Waals surface area contributed by atoms with E-state index in [1.165, 1.54) is 0 Å². The van der Waals surface area contributed by atoms with Gasteiger partial charge in [-0.2, -0.15) is 0 Å². The van der Waals surface area contributed by atoms with Crippen molar-refractivity contribution in [2.75, 3.05) is 13.2 Å². The second-order valence-electron chi connectivity index (χ2n) is 6.51. The number of carbonyl (C=O) groups excluding carboxylic acids is 1. The molecule has 2 aromatic carbocycles. The maximum atomic E-state index is 12.7. The zero-order chi connectivity index (χ0) is 18.5. The van der Waals surface area contributed by atoms with E-state index in [2.05, 4.69) is 0 Å². The molecule has 0 aliphatic heterocycles. The van der Waals surface area contributed by atoms with Crippen LogP contribution >= 0.6 is 0 Å². The second kappa shape index (κ2) is 8.15. The van der Waals surface area contributed by atoms with E-state index in [9.17, 15) is 14.7 Å². The smallest absolute Gasteiger partial charge is 0.310 e. The standard InChI is InChI=1S/C21H22O5/c22-12-7-13-26-21(25)19-16(14-8-3-1-4-9-14)18(20(23)24)17(19)15-10-5-2-6-11-15/h1-6,8-11,16-19,22H,7,12-13H2,(H,23,24)/t16-,17-,18?,19?/m0/s1. The Hall–Kier alpha value is -2.66. The van der Waals surface area contributed by atoms with Crippen LogP contribution in [0, 0.1) is 11.8 Å². The zero-order valence-corrected chi connectivity index (χ0v) is 14.3. The van der Waals surface area contributed by atoms with Gasteiger partial charge in [0.15, 0.2) is 0 Å². The Morgan fingerprint density at radius 2 is 1.35 bits per heavy atom. The number of carbonyl (C=O) groups is 2. The Balaban J connectivity index is 1.95. The number of hydrogen-bond donors (Lipinski definition) is 2. The minimum absolute atomic E-state index is 0.0556. The van der Waals surface area contributed by atoms with E-state index in [4.69, 9.17) is 9.84 Å². The van der Waals surface area contributed by atoms with Gasteiger partial charge in [0.05, 0.1) is 18.4 Å². The quantitative estimate of drug-likeness (QED) is 0.590. The largest absolute Gasteiger partial charge is 0.481 e. The first-order valence-corrected chi connectivity index (χ1v) is 8.75. The van der Waals surface area contributed by atoms with Crippen molar-refractivity contribution in [3.05, 3.63) is 71.8 Å². The molecule has 1 aliphatic carbocycles. The minimum Gasteiger partial charge on any atom is -0.481 e. The first-order valence-electron chi connectivity index (χ1n) is 8.75. The summed E-state index contributed by atoms with van der Waals surface area (Å²) >= 11 is 0. The molecule has 2 N–H and O–H groups in total. The lowest BCUT2D eigenvalue weighted by Crippen LogP contribution is -2.51. The summed E-state index contributed by atoms with van der Waals surface area (Å²) in [5.41, 5.74) is 1.66. The lowest BCUT2D eigenvalue weighted by atomic mass is 9.52. The molecule has 0 amide bonds. The maximum absolute atomic E-state index is 12.7. The summed E-state index contributed by atoms with van der Waals surface area (Å²) in [6, 6.07) is 18.5. The highest BCUT2D eigenvalue weighted by molar-refractivity contribution is 5.84. The molecule has 3 rings (SSSR count). The van der Waals surface area contributed by atoms with Gasteiger partial charge in [-0.05, 0) is 11.1 Å². The fraction of sp³-hybridized carbons (Fsp3) is 0.333. The Bertz CT molecular complexity index is 696. The molecule has 26 heavy (non-hydrogen) atoms. The molecule has 0 spiro atoms. The van der Waals surface area contributed by atoms with Gasteiger partial charge in [0.25, 0.3) is 0 Å². The number of ether oxygens (including phenoxy) is 1. The highest BCUT2D eigenvalue weighted by Gasteiger charge is 2.59. The minimum atomic E-state index is -0.910. The zero-order valence-electron chi connectivity index (χ0n) is 14.3. The van der Waals surface area contributed by atoms with Crippen LogP contribution in [0.4, 0.5) is 0 Å². The predicted octanol–water partition coefficient (Wildman–Crippen LogP) is 2.81. The van der Waals surface area contributed by atoms with Crippen LogP contribution in [0.5, 0.6) is 0 Å². The van der Waals surface area contributed by atoms with Crippen LogP contribution in [0.3, 0.4) is 0 Å². The van der Waals surface area contributed by atoms with Crippen LogP contribution in [-0.4, -0.2) is 35.4 Å². The molecule has 5 heteroatoms. The van der Waals surface area contributed by atoms with E-state index in [1.54, 1.807) is 0 Å². The summed E-state index contributed by atoms with van der Waals surface area (Å²) in [4.78, 5) is 24.7. The maximum Gasteiger partial charge on any atom is 0.310 e. The first kappa shape index (κ1) is 18.1. The highest BCUT2D eigenvalue weighted by Crippen LogP contribution is 2.57. The van der Waals surface area contributed by atoms with Gasteiger partial charge >= 0.3 is 11.9 Å². The molecule has 0 saturated heterocycles. The molecule has 1 aliphatic rings. The SMILES string of the molecule is O=C(O)C1[C@H](c2ccccc2)C(C(=O)OCCCO)[C@H]1c1ccccc1. The van der Waals surface area contributed by atoms with E-state index in [-0.39, 0.29) is 13.2 Å². The van der Waals surface area contributed by atoms with Crippen LogP contribution in [-0.2, 0) is 14.3 Å². The van der Waals surface area contributed by atoms with E-state index in [0.717, 1.165) is 11.1 Å². The van der Waals surface area contributed by atoms with E-state index >= 15 is 0 Å². The van der Waals surface area contributed by atoms with Crippen LogP contribution in [0.2, 0.25) is 0 Å². The molecular weight excluding hydrogens is 332 g/mol. The molecule has 2 aromatic rings. The molecule has 1 saturated carbocycles. The summed E-state index contributed by atoms with van der Waals surface area (Å²) in [5, 5.41) is 18.7. The van der Waals surface area contributed by atoms with Gasteiger partial charge in [-0.1, -0.05) is 60.7 Å². The number of rotatable bonds is 7. The summed E-state index contributed by atoms with van der Waals surface area (Å²) in [6.07, 6.45) is 0.368. The Labute approximate surface area is 152 Å². The van der Waals surface area contributed by atoms with Crippen molar-refractivity contribution in [1.29, 1.82) is 0 Å². The summed E-state index contributed by atoms with van der Waals surface area (Å²) in [6.45, 7) is 0.0759. The Morgan fingerprint density at radius 1 is 0.846 bits per heavy atom. The van der Waals surface area contributed by atoms with Gasteiger partial charge in [0.1, 0.15) is 0 Å². The fourth-order valence-corrected chi connectivity index (χ4v) is 3.86. The topological polar surface area (TPSA) is 83.8 Å². The monoisotopic (exact) mass is 354 g/mol. The molecule has 0 unspecified atom stereocenters. The molecule has 0 heterocycles. The fourth-order valence-electron chi connectivity index (χ4n) is 3.86. The van der Waals surface area contributed by atoms with Crippen LogP contribution in [0.25, 0.3) is 0 Å². The van der Waals surface area contributed by atoms with Crippen molar-refractivity contribution in [1.82, 2.24) is 0 Å². The summed E-state index contributed by atoms with van der Waals surface area (Å²) in [5.74, 6) is -3.42. The lowest BCUT2D eigenvalue weighted by molar-refractivity contribution is -0.164. The molecular formula is C21H22O5. The van der Waals surface area contributed by atoms with Gasteiger partial charge < -0.3 is 14.9 Å². The van der Waals surface area contributed by atoms with Gasteiger partial charge in [0.2, 0.25) is 0 Å². The number of carboxylic acids is 1. The first-order chi connectivity index (χ1) is 12.6. The number of aliphatic carboxylic acids is 1. The van der Waals surface area contributed by atoms with Crippen molar-refractivity contribution in [3.8, 4) is 0 Å². The summed E-state index contributed by atoms with van der Waals surface area (Å²) < 4.78 is 5.33. The molecule has 0 bridgehead atoms. The lowest BCUT2D eigenvalue weighted by Gasteiger charge is -2.49. The molecule has 1 fully saturated rings. The van der Waals surface area contributed by atoms with Crippen LogP contribution < -0.4 is 0 Å². The predicted molar refractivity (Wildman–Crippen MR) is 95.6 cm³/mol. The van der Waals surface area contributed by atoms with Gasteiger partial charge in [-0.25, -0.2) is 0 Å². The van der Waals surface area contributed by atoms with Crippen molar-refractivity contribution >= 4 is 11.9 Å². The second-order valence-corrected chi connectivity index (χ2v) is 6.51. The normalized spacial score (nSPS) is 24.5. The number of esters is 1. The average Bonchev–Trinajstić information content (AvgIpc) is 2.62. The van der Waals surface area contributed by atoms with Crippen LogP contribution in [0.1, 0.15) is 29.4 Å². The molecule has 0 radical (unpaired) electrons. The van der Waals surface area contributed by atoms with Gasteiger partial charge in [-0.3, -0.25) is 9.59 Å². The average molecular weight is 354 g/mol. The van der Waals surface area contributed by atoms with Gasteiger partial charge in [-0.15, -0.1) is 0 Å². The molecule has 2 atom stereocenters. The molecule has 136 valence electrons. The van der Waals surface area contributed by atoms with E-state index < -0.39 is 35.6 Å². The van der Waals surface area contributed by atoms with Crippen molar-refractivity contribution in [2.24, 2.45) is 11.8 Å². The Morgan fingerprint density at radius 3 is 1.77 bits per heavy atom. The summed E-state index contributed by atoms with van der Waals surface area (Å²) in [7, 11) is 0. The molecule has 5 nitrogen and oxygen atoms in total. The van der Waals surface area contributed by atoms with Gasteiger partial charge in [0, 0.05) is 24.9 Å². The molecule has 0 aromatic heterocycles. The van der Waals surface area contributed by atoms with Crippen molar-refractivity contribution in [3.63, 3.8) is 0 Å². The van der Waals surface area contributed by atoms with Crippen molar-refractivity contribution in [2.45, 2.75) is 18.3 Å².